The summed E-state index contributed by atoms with van der Waals surface area (Å²) >= 11 is 0. The number of halogens is 1. The minimum Gasteiger partial charge on any atom is -0.352 e. The third-order valence-corrected chi connectivity index (χ3v) is 8.64. The highest BCUT2D eigenvalue weighted by Crippen LogP contribution is 2.26. The molecule has 208 valence electrons. The zero-order valence-corrected chi connectivity index (χ0v) is 23.8. The van der Waals surface area contributed by atoms with Crippen molar-refractivity contribution in [2.45, 2.75) is 64.6 Å². The molecule has 2 amide bonds. The minimum absolute atomic E-state index is 0.0271. The lowest BCUT2D eigenvalue weighted by atomic mass is 10.1. The van der Waals surface area contributed by atoms with Gasteiger partial charge in [0.2, 0.25) is 11.8 Å². The van der Waals surface area contributed by atoms with Gasteiger partial charge >= 0.3 is 0 Å². The van der Waals surface area contributed by atoms with Crippen LogP contribution < -0.4 is 9.62 Å². The number of benzene rings is 3. The monoisotopic (exact) mass is 553 g/mol. The van der Waals surface area contributed by atoms with Crippen molar-refractivity contribution >= 4 is 27.5 Å². The molecule has 0 radical (unpaired) electrons. The van der Waals surface area contributed by atoms with Crippen LogP contribution in [0.15, 0.2) is 77.7 Å². The van der Waals surface area contributed by atoms with Crippen LogP contribution in [-0.2, 0) is 26.2 Å². The Labute approximate surface area is 230 Å². The van der Waals surface area contributed by atoms with Gasteiger partial charge in [-0.05, 0) is 75.6 Å². The summed E-state index contributed by atoms with van der Waals surface area (Å²) in [5.41, 5.74) is 2.37. The van der Waals surface area contributed by atoms with Crippen molar-refractivity contribution in [3.05, 3.63) is 95.3 Å². The van der Waals surface area contributed by atoms with E-state index in [0.717, 1.165) is 15.4 Å². The average molecular weight is 554 g/mol. The molecule has 9 heteroatoms. The lowest BCUT2D eigenvalue weighted by Crippen LogP contribution is -2.52. The zero-order chi connectivity index (χ0) is 28.7. The maximum absolute atomic E-state index is 14.6. The maximum atomic E-state index is 14.6. The Kier molecular flexibility index (Phi) is 9.86. The Bertz CT molecular complexity index is 1410. The molecule has 1 N–H and O–H groups in total. The number of aryl methyl sites for hydroxylation is 2. The maximum Gasteiger partial charge on any atom is 0.264 e. The van der Waals surface area contributed by atoms with Crippen molar-refractivity contribution in [2.24, 2.45) is 0 Å². The largest absolute Gasteiger partial charge is 0.352 e. The number of sulfonamides is 1. The van der Waals surface area contributed by atoms with Crippen LogP contribution >= 0.6 is 0 Å². The van der Waals surface area contributed by atoms with Crippen molar-refractivity contribution in [3.8, 4) is 0 Å². The van der Waals surface area contributed by atoms with Crippen LogP contribution in [0.3, 0.4) is 0 Å². The summed E-state index contributed by atoms with van der Waals surface area (Å²) in [6, 6.07) is 17.9. The molecule has 39 heavy (non-hydrogen) atoms. The highest BCUT2D eigenvalue weighted by atomic mass is 32.2. The second kappa shape index (κ2) is 12.9. The Morgan fingerprint density at radius 1 is 0.923 bits per heavy atom. The second-order valence-corrected chi connectivity index (χ2v) is 11.6. The summed E-state index contributed by atoms with van der Waals surface area (Å²) in [5, 5.41) is 2.86. The van der Waals surface area contributed by atoms with Gasteiger partial charge in [-0.3, -0.25) is 13.9 Å². The molecule has 0 aromatic heterocycles. The van der Waals surface area contributed by atoms with Gasteiger partial charge in [-0.25, -0.2) is 12.8 Å². The van der Waals surface area contributed by atoms with E-state index in [4.69, 9.17) is 0 Å². The van der Waals surface area contributed by atoms with E-state index in [1.807, 2.05) is 27.7 Å². The molecule has 0 saturated carbocycles. The van der Waals surface area contributed by atoms with Crippen molar-refractivity contribution in [2.75, 3.05) is 10.8 Å². The van der Waals surface area contributed by atoms with Crippen LogP contribution in [-0.4, -0.2) is 43.8 Å². The van der Waals surface area contributed by atoms with Crippen molar-refractivity contribution in [1.29, 1.82) is 0 Å². The molecule has 0 unspecified atom stereocenters. The molecular formula is C30H36FN3O4S. The number of hydrogen-bond donors (Lipinski definition) is 1. The topological polar surface area (TPSA) is 86.8 Å². The van der Waals surface area contributed by atoms with E-state index in [1.54, 1.807) is 49.4 Å². The van der Waals surface area contributed by atoms with Crippen molar-refractivity contribution in [3.63, 3.8) is 0 Å². The van der Waals surface area contributed by atoms with Crippen LogP contribution in [0.4, 0.5) is 10.1 Å². The molecule has 2 atom stereocenters. The van der Waals surface area contributed by atoms with Gasteiger partial charge in [-0.1, -0.05) is 49.4 Å². The third-order valence-electron chi connectivity index (χ3n) is 6.86. The lowest BCUT2D eigenvalue weighted by Gasteiger charge is -2.32. The number of hydrogen-bond acceptors (Lipinski definition) is 4. The molecule has 3 rings (SSSR count). The first-order valence-electron chi connectivity index (χ1n) is 12.9. The van der Waals surface area contributed by atoms with Gasteiger partial charge in [0.15, 0.2) is 0 Å². The molecule has 0 aliphatic carbocycles. The number of carbonyl (C=O) groups excluding carboxylic acids is 2. The smallest absolute Gasteiger partial charge is 0.264 e. The number of nitrogens with zero attached hydrogens (tertiary/aromatic N) is 2. The summed E-state index contributed by atoms with van der Waals surface area (Å²) in [4.78, 5) is 28.2. The van der Waals surface area contributed by atoms with E-state index < -0.39 is 40.2 Å². The van der Waals surface area contributed by atoms with Crippen molar-refractivity contribution < 1.29 is 22.4 Å². The number of anilines is 1. The summed E-state index contributed by atoms with van der Waals surface area (Å²) < 4.78 is 43.3. The Morgan fingerprint density at radius 3 is 2.18 bits per heavy atom. The predicted molar refractivity (Wildman–Crippen MR) is 151 cm³/mol. The molecular weight excluding hydrogens is 517 g/mol. The summed E-state index contributed by atoms with van der Waals surface area (Å²) in [5.74, 6) is -1.56. The van der Waals surface area contributed by atoms with Gasteiger partial charge in [0, 0.05) is 18.2 Å². The van der Waals surface area contributed by atoms with Gasteiger partial charge in [-0.15, -0.1) is 0 Å². The molecule has 0 spiro atoms. The van der Waals surface area contributed by atoms with E-state index in [0.29, 0.717) is 12.1 Å². The molecule has 0 saturated heterocycles. The van der Waals surface area contributed by atoms with E-state index in [1.165, 1.54) is 35.2 Å². The lowest BCUT2D eigenvalue weighted by molar-refractivity contribution is -0.139. The van der Waals surface area contributed by atoms with E-state index in [-0.39, 0.29) is 23.0 Å². The fraction of sp³-hybridized carbons (Fsp3) is 0.333. The average Bonchev–Trinajstić information content (AvgIpc) is 2.92. The molecule has 0 aliphatic heterocycles. The Balaban J connectivity index is 2.05. The summed E-state index contributed by atoms with van der Waals surface area (Å²) in [6.07, 6.45) is 0.690. The van der Waals surface area contributed by atoms with Gasteiger partial charge in [0.25, 0.3) is 10.0 Å². The first-order valence-corrected chi connectivity index (χ1v) is 14.4. The fourth-order valence-electron chi connectivity index (χ4n) is 3.99. The fourth-order valence-corrected chi connectivity index (χ4v) is 5.41. The standard InChI is InChI=1S/C30H36FN3O4S/c1-6-23(4)32-30(36)24(5)33(19-25-12-10-11-15-28(25)31)29(35)20-34(26-17-16-21(2)22(3)18-26)39(37,38)27-13-8-7-9-14-27/h7-18,23-24H,6,19-20H2,1-5H3,(H,32,36)/t23-,24-/m0/s1. The third kappa shape index (κ3) is 7.23. The van der Waals surface area contributed by atoms with Crippen LogP contribution in [0.2, 0.25) is 0 Å². The Hall–Kier alpha value is -3.72. The van der Waals surface area contributed by atoms with Crippen LogP contribution in [0.5, 0.6) is 0 Å². The van der Waals surface area contributed by atoms with Crippen LogP contribution in [0.1, 0.15) is 43.9 Å². The Morgan fingerprint density at radius 2 is 1.56 bits per heavy atom. The minimum atomic E-state index is -4.15. The van der Waals surface area contributed by atoms with Crippen molar-refractivity contribution in [1.82, 2.24) is 10.2 Å². The molecule has 3 aromatic carbocycles. The zero-order valence-electron chi connectivity index (χ0n) is 23.0. The predicted octanol–water partition coefficient (Wildman–Crippen LogP) is 4.97. The number of carbonyl (C=O) groups is 2. The first-order chi connectivity index (χ1) is 18.4. The number of amides is 2. The summed E-state index contributed by atoms with van der Waals surface area (Å²) in [6.45, 7) is 8.33. The normalized spacial score (nSPS) is 12.9. The molecule has 3 aromatic rings. The molecule has 0 fully saturated rings. The van der Waals surface area contributed by atoms with E-state index in [9.17, 15) is 22.4 Å². The summed E-state index contributed by atoms with van der Waals surface area (Å²) in [7, 11) is -4.15. The first kappa shape index (κ1) is 29.8. The molecule has 0 heterocycles. The van der Waals surface area contributed by atoms with Crippen LogP contribution in [0, 0.1) is 19.7 Å². The van der Waals surface area contributed by atoms with Crippen LogP contribution in [0.25, 0.3) is 0 Å². The quantitative estimate of drug-likeness (QED) is 0.363. The van der Waals surface area contributed by atoms with Gasteiger partial charge < -0.3 is 10.2 Å². The SMILES string of the molecule is CC[C@H](C)NC(=O)[C@H](C)N(Cc1ccccc1F)C(=O)CN(c1ccc(C)c(C)c1)S(=O)(=O)c1ccccc1. The molecule has 7 nitrogen and oxygen atoms in total. The molecule has 0 bridgehead atoms. The number of nitrogens with one attached hydrogen (secondary N) is 1. The molecule has 0 aliphatic rings. The highest BCUT2D eigenvalue weighted by molar-refractivity contribution is 7.92. The number of rotatable bonds is 11. The van der Waals surface area contributed by atoms with E-state index in [2.05, 4.69) is 5.32 Å². The van der Waals surface area contributed by atoms with Gasteiger partial charge in [-0.2, -0.15) is 0 Å². The highest BCUT2D eigenvalue weighted by Gasteiger charge is 2.33. The second-order valence-electron chi connectivity index (χ2n) is 9.70. The van der Waals surface area contributed by atoms with Gasteiger partial charge in [0.1, 0.15) is 18.4 Å². The van der Waals surface area contributed by atoms with E-state index >= 15 is 0 Å². The van der Waals surface area contributed by atoms with Gasteiger partial charge in [0.05, 0.1) is 10.6 Å².